The largest absolute Gasteiger partial charge is 0.353 e. The summed E-state index contributed by atoms with van der Waals surface area (Å²) in [6.07, 6.45) is 0. The van der Waals surface area contributed by atoms with Crippen molar-refractivity contribution in [1.29, 1.82) is 0 Å². The summed E-state index contributed by atoms with van der Waals surface area (Å²) in [5.41, 5.74) is 5.17. The molecule has 1 heterocycles. The Labute approximate surface area is 125 Å². The zero-order valence-corrected chi connectivity index (χ0v) is 12.5. The van der Waals surface area contributed by atoms with E-state index in [-0.39, 0.29) is 12.1 Å². The molecule has 0 aliphatic carbocycles. The molecule has 0 saturated carbocycles. The van der Waals surface area contributed by atoms with E-state index in [1.165, 1.54) is 22.3 Å². The number of hydrogen-bond acceptors (Lipinski definition) is 1. The topological polar surface area (TPSA) is 24.1 Å². The lowest BCUT2D eigenvalue weighted by Gasteiger charge is -2.22. The van der Waals surface area contributed by atoms with Gasteiger partial charge in [0.15, 0.2) is 5.11 Å². The maximum Gasteiger partial charge on any atom is 0.167 e. The van der Waals surface area contributed by atoms with Crippen LogP contribution in [0.25, 0.3) is 0 Å². The standard InChI is InChI=1S/C17H18N2S/c1-11-7-3-5-9-13(11)15-16(19-17(20)18-15)14-10-6-4-8-12(14)2/h3-10,15-16H,1-2H3,(H2,18,19,20)/t15-,16+. The van der Waals surface area contributed by atoms with Crippen molar-refractivity contribution in [1.82, 2.24) is 10.6 Å². The normalized spacial score (nSPS) is 21.4. The molecule has 3 heteroatoms. The van der Waals surface area contributed by atoms with Crippen LogP contribution in [0.3, 0.4) is 0 Å². The zero-order chi connectivity index (χ0) is 14.1. The summed E-state index contributed by atoms with van der Waals surface area (Å²) in [6.45, 7) is 4.29. The van der Waals surface area contributed by atoms with Crippen LogP contribution in [-0.2, 0) is 0 Å². The molecule has 2 aromatic carbocycles. The van der Waals surface area contributed by atoms with E-state index in [1.807, 2.05) is 0 Å². The van der Waals surface area contributed by atoms with Crippen molar-refractivity contribution in [2.24, 2.45) is 0 Å². The van der Waals surface area contributed by atoms with Crippen molar-refractivity contribution in [2.45, 2.75) is 25.9 Å². The van der Waals surface area contributed by atoms with Crippen LogP contribution in [0.5, 0.6) is 0 Å². The highest BCUT2D eigenvalue weighted by molar-refractivity contribution is 7.80. The van der Waals surface area contributed by atoms with Gasteiger partial charge in [0.1, 0.15) is 0 Å². The van der Waals surface area contributed by atoms with E-state index in [4.69, 9.17) is 12.2 Å². The van der Waals surface area contributed by atoms with E-state index in [0.717, 1.165) is 5.11 Å². The second kappa shape index (κ2) is 5.25. The van der Waals surface area contributed by atoms with Crippen LogP contribution < -0.4 is 10.6 Å². The Morgan fingerprint density at radius 2 is 1.15 bits per heavy atom. The lowest BCUT2D eigenvalue weighted by atomic mass is 9.90. The second-order valence-corrected chi connectivity index (χ2v) is 5.69. The molecule has 0 spiro atoms. The van der Waals surface area contributed by atoms with Gasteiger partial charge in [0.25, 0.3) is 0 Å². The third-order valence-corrected chi connectivity index (χ3v) is 4.19. The lowest BCUT2D eigenvalue weighted by molar-refractivity contribution is 0.549. The highest BCUT2D eigenvalue weighted by Crippen LogP contribution is 2.35. The van der Waals surface area contributed by atoms with Crippen LogP contribution in [0.15, 0.2) is 48.5 Å². The molecule has 20 heavy (non-hydrogen) atoms. The van der Waals surface area contributed by atoms with Crippen LogP contribution in [-0.4, -0.2) is 5.11 Å². The molecule has 0 unspecified atom stereocenters. The molecule has 1 aliphatic rings. The van der Waals surface area contributed by atoms with Gasteiger partial charge in [0, 0.05) is 0 Å². The third kappa shape index (κ3) is 2.29. The van der Waals surface area contributed by atoms with Gasteiger partial charge in [0.05, 0.1) is 12.1 Å². The fourth-order valence-electron chi connectivity index (χ4n) is 2.88. The first-order valence-electron chi connectivity index (χ1n) is 6.85. The number of nitrogens with one attached hydrogen (secondary N) is 2. The first kappa shape index (κ1) is 13.1. The maximum atomic E-state index is 5.34. The minimum absolute atomic E-state index is 0.185. The Bertz CT molecular complexity index is 595. The van der Waals surface area contributed by atoms with Gasteiger partial charge in [-0.15, -0.1) is 0 Å². The molecule has 0 aromatic heterocycles. The summed E-state index contributed by atoms with van der Waals surface area (Å²) in [5, 5.41) is 7.54. The van der Waals surface area contributed by atoms with Crippen LogP contribution in [0.1, 0.15) is 34.3 Å². The average Bonchev–Trinajstić information content (AvgIpc) is 2.81. The van der Waals surface area contributed by atoms with E-state index >= 15 is 0 Å². The Morgan fingerprint density at radius 1 is 0.750 bits per heavy atom. The van der Waals surface area contributed by atoms with Crippen LogP contribution in [0, 0.1) is 13.8 Å². The van der Waals surface area contributed by atoms with Crippen molar-refractivity contribution < 1.29 is 0 Å². The maximum absolute atomic E-state index is 5.34. The van der Waals surface area contributed by atoms with Gasteiger partial charge in [-0.25, -0.2) is 0 Å². The number of benzene rings is 2. The first-order chi connectivity index (χ1) is 9.66. The molecule has 2 N–H and O–H groups in total. The summed E-state index contributed by atoms with van der Waals surface area (Å²) in [5.74, 6) is 0. The molecule has 0 amide bonds. The minimum Gasteiger partial charge on any atom is -0.353 e. The van der Waals surface area contributed by atoms with Gasteiger partial charge >= 0.3 is 0 Å². The van der Waals surface area contributed by atoms with E-state index < -0.39 is 0 Å². The molecule has 0 bridgehead atoms. The summed E-state index contributed by atoms with van der Waals surface area (Å²) < 4.78 is 0. The number of rotatable bonds is 2. The summed E-state index contributed by atoms with van der Waals surface area (Å²) >= 11 is 5.34. The van der Waals surface area contributed by atoms with E-state index in [0.29, 0.717) is 0 Å². The molecule has 3 rings (SSSR count). The van der Waals surface area contributed by atoms with Crippen molar-refractivity contribution >= 4 is 17.3 Å². The third-order valence-electron chi connectivity index (χ3n) is 3.95. The number of hydrogen-bond donors (Lipinski definition) is 2. The fourth-order valence-corrected chi connectivity index (χ4v) is 3.13. The molecular weight excluding hydrogens is 264 g/mol. The van der Waals surface area contributed by atoms with Gasteiger partial charge in [-0.05, 0) is 48.3 Å². The molecule has 2 aromatic rings. The number of aryl methyl sites for hydroxylation is 2. The first-order valence-corrected chi connectivity index (χ1v) is 7.26. The van der Waals surface area contributed by atoms with Gasteiger partial charge < -0.3 is 10.6 Å². The van der Waals surface area contributed by atoms with Gasteiger partial charge in [-0.3, -0.25) is 0 Å². The fraction of sp³-hybridized carbons (Fsp3) is 0.235. The SMILES string of the molecule is Cc1ccccc1[C@H]1NC(=S)N[C@H]1c1ccccc1C. The van der Waals surface area contributed by atoms with E-state index in [1.54, 1.807) is 0 Å². The summed E-state index contributed by atoms with van der Waals surface area (Å²) in [7, 11) is 0. The highest BCUT2D eigenvalue weighted by Gasteiger charge is 2.33. The van der Waals surface area contributed by atoms with Crippen LogP contribution in [0.2, 0.25) is 0 Å². The van der Waals surface area contributed by atoms with Crippen molar-refractivity contribution in [2.75, 3.05) is 0 Å². The quantitative estimate of drug-likeness (QED) is 0.824. The molecule has 1 aliphatic heterocycles. The Morgan fingerprint density at radius 3 is 1.55 bits per heavy atom. The minimum atomic E-state index is 0.185. The van der Waals surface area contributed by atoms with Gasteiger partial charge in [-0.2, -0.15) is 0 Å². The molecule has 2 nitrogen and oxygen atoms in total. The predicted octanol–water partition coefficient (Wildman–Crippen LogP) is 3.56. The van der Waals surface area contributed by atoms with Crippen molar-refractivity contribution in [3.63, 3.8) is 0 Å². The smallest absolute Gasteiger partial charge is 0.167 e. The number of thiocarbonyl (C=S) groups is 1. The molecule has 0 radical (unpaired) electrons. The average molecular weight is 282 g/mol. The monoisotopic (exact) mass is 282 g/mol. The van der Waals surface area contributed by atoms with E-state index in [2.05, 4.69) is 73.0 Å². The Hall–Kier alpha value is -1.87. The second-order valence-electron chi connectivity index (χ2n) is 5.29. The van der Waals surface area contributed by atoms with Gasteiger partial charge in [0.2, 0.25) is 0 Å². The zero-order valence-electron chi connectivity index (χ0n) is 11.7. The Balaban J connectivity index is 2.04. The molecule has 102 valence electrons. The Kier molecular flexibility index (Phi) is 3.45. The van der Waals surface area contributed by atoms with Crippen LogP contribution >= 0.6 is 12.2 Å². The highest BCUT2D eigenvalue weighted by atomic mass is 32.1. The molecule has 1 fully saturated rings. The van der Waals surface area contributed by atoms with E-state index in [9.17, 15) is 0 Å². The summed E-state index contributed by atoms with van der Waals surface area (Å²) in [4.78, 5) is 0. The lowest BCUT2D eigenvalue weighted by Crippen LogP contribution is -2.21. The summed E-state index contributed by atoms with van der Waals surface area (Å²) in [6, 6.07) is 17.3. The predicted molar refractivity (Wildman–Crippen MR) is 86.7 cm³/mol. The van der Waals surface area contributed by atoms with Crippen molar-refractivity contribution in [3.8, 4) is 0 Å². The molecule has 2 atom stereocenters. The van der Waals surface area contributed by atoms with Crippen LogP contribution in [0.4, 0.5) is 0 Å². The van der Waals surface area contributed by atoms with Crippen molar-refractivity contribution in [3.05, 3.63) is 70.8 Å². The van der Waals surface area contributed by atoms with Gasteiger partial charge in [-0.1, -0.05) is 48.5 Å². The molecule has 1 saturated heterocycles. The molecular formula is C17H18N2S.